The van der Waals surface area contributed by atoms with E-state index in [1.807, 2.05) is 19.2 Å². The van der Waals surface area contributed by atoms with Gasteiger partial charge in [0, 0.05) is 17.7 Å². The molecule has 0 aromatic carbocycles. The van der Waals surface area contributed by atoms with Gasteiger partial charge in [-0.05, 0) is 83.9 Å². The molecule has 1 heterocycles. The van der Waals surface area contributed by atoms with E-state index in [-0.39, 0.29) is 6.42 Å². The number of aromatic nitrogens is 1. The van der Waals surface area contributed by atoms with E-state index in [0.29, 0.717) is 25.7 Å². The third-order valence-electron chi connectivity index (χ3n) is 5.04. The lowest BCUT2D eigenvalue weighted by atomic mass is 10.1. The first-order valence-electron chi connectivity index (χ1n) is 13.4. The Bertz CT molecular complexity index is 1210. The van der Waals surface area contributed by atoms with E-state index in [1.54, 1.807) is 39.8 Å². The number of nitrogens with one attached hydrogen (secondary N) is 1. The highest BCUT2D eigenvalue weighted by molar-refractivity contribution is 9.11. The van der Waals surface area contributed by atoms with Crippen LogP contribution < -0.4 is 5.32 Å². The van der Waals surface area contributed by atoms with E-state index in [0.717, 1.165) is 20.8 Å². The number of rotatable bonds is 13. The summed E-state index contributed by atoms with van der Waals surface area (Å²) in [5.74, 6) is 3.67. The quantitative estimate of drug-likeness (QED) is 0.0749. The minimum atomic E-state index is -1.79. The molecule has 0 aliphatic rings. The predicted molar refractivity (Wildman–Crippen MR) is 174 cm³/mol. The minimum Gasteiger partial charge on any atom is -0.460 e. The summed E-state index contributed by atoms with van der Waals surface area (Å²) in [4.78, 5) is 41.9. The number of allylic oxidation sites excluding steroid dienone is 2. The molecule has 0 saturated heterocycles. The second-order valence-electron chi connectivity index (χ2n) is 10.8. The summed E-state index contributed by atoms with van der Waals surface area (Å²) in [5.41, 5.74) is 0.864. The minimum absolute atomic E-state index is 0.223. The molecule has 0 radical (unpaired) electrons. The first-order chi connectivity index (χ1) is 19.8. The van der Waals surface area contributed by atoms with Gasteiger partial charge in [0.1, 0.15) is 24.4 Å². The molecular weight excluding hydrogens is 707 g/mol. The van der Waals surface area contributed by atoms with Crippen LogP contribution in [0, 0.1) is 11.8 Å². The van der Waals surface area contributed by atoms with Gasteiger partial charge in [0.05, 0.1) is 16.8 Å². The summed E-state index contributed by atoms with van der Waals surface area (Å²) in [6.45, 7) is 9.96. The van der Waals surface area contributed by atoms with Gasteiger partial charge in [0.2, 0.25) is 3.79 Å². The monoisotopic (exact) mass is 742 g/mol. The molecule has 0 bridgehead atoms. The smallest absolute Gasteiger partial charge is 0.408 e. The van der Waals surface area contributed by atoms with Crippen LogP contribution in [0.2, 0.25) is 0 Å². The maximum absolute atomic E-state index is 12.6. The number of amides is 1. The summed E-state index contributed by atoms with van der Waals surface area (Å²) in [7, 11) is 0. The van der Waals surface area contributed by atoms with Crippen LogP contribution in [0.4, 0.5) is 4.79 Å². The number of hydrogen-bond donors (Lipinski definition) is 2. The average molecular weight is 745 g/mol. The standard InChI is InChI=1S/C29H38BrCl3N2O7S/c1-18(13-20(3)36)9-7-12-25(37)41-22(14-19(2)30)15-24-34-21(16-43-24)10-8-11-23(26(38)40-17-29(31,32)33)35-27(39)42-28(4,5)6/h9,14,16,20,22-23,36H,8,10-11,13,15,17H2,1-6H3,(H,35,39)/b18-9+,19-14+/t20-,22+,23-/m0/s1. The Morgan fingerprint density at radius 1 is 1.23 bits per heavy atom. The van der Waals surface area contributed by atoms with Crippen LogP contribution in [0.1, 0.15) is 71.5 Å². The van der Waals surface area contributed by atoms with Crippen LogP contribution in [0.15, 0.2) is 27.6 Å². The van der Waals surface area contributed by atoms with Gasteiger partial charge in [-0.2, -0.15) is 0 Å². The second kappa shape index (κ2) is 18.9. The van der Waals surface area contributed by atoms with Crippen molar-refractivity contribution in [3.05, 3.63) is 38.3 Å². The maximum Gasteiger partial charge on any atom is 0.408 e. The molecule has 1 aromatic heterocycles. The molecule has 0 aliphatic heterocycles. The van der Waals surface area contributed by atoms with Gasteiger partial charge in [0.15, 0.2) is 0 Å². The van der Waals surface area contributed by atoms with Crippen molar-refractivity contribution in [3.63, 3.8) is 0 Å². The number of ether oxygens (including phenoxy) is 3. The summed E-state index contributed by atoms with van der Waals surface area (Å²) < 4.78 is 14.9. The summed E-state index contributed by atoms with van der Waals surface area (Å²) >= 11 is 21.8. The predicted octanol–water partition coefficient (Wildman–Crippen LogP) is 6.75. The molecule has 2 N–H and O–H groups in total. The number of aryl methyl sites for hydroxylation is 1. The van der Waals surface area contributed by atoms with Crippen LogP contribution in [-0.4, -0.2) is 62.4 Å². The third-order valence-corrected chi connectivity index (χ3v) is 6.55. The number of alkyl halides is 3. The Labute approximate surface area is 280 Å². The Morgan fingerprint density at radius 2 is 1.91 bits per heavy atom. The fourth-order valence-electron chi connectivity index (χ4n) is 3.47. The molecule has 43 heavy (non-hydrogen) atoms. The molecular formula is C29H38BrCl3N2O7S. The molecule has 1 rings (SSSR count). The van der Waals surface area contributed by atoms with Crippen molar-refractivity contribution in [2.45, 2.75) is 101 Å². The number of halogens is 4. The highest BCUT2D eigenvalue weighted by Gasteiger charge is 2.29. The highest BCUT2D eigenvalue weighted by Crippen LogP contribution is 2.26. The van der Waals surface area contributed by atoms with E-state index >= 15 is 0 Å². The molecule has 1 aromatic rings. The van der Waals surface area contributed by atoms with Crippen LogP contribution in [0.3, 0.4) is 0 Å². The molecule has 3 atom stereocenters. The van der Waals surface area contributed by atoms with E-state index < -0.39 is 52.3 Å². The van der Waals surface area contributed by atoms with E-state index in [4.69, 9.17) is 49.0 Å². The van der Waals surface area contributed by atoms with Crippen LogP contribution in [-0.2, 0) is 36.6 Å². The van der Waals surface area contributed by atoms with Crippen molar-refractivity contribution in [3.8, 4) is 11.8 Å². The SMILES string of the molecule is C/C(Br)=C\[C@H](Cc1nc(CCC[C@H](NC(=O)OC(C)(C)C)C(=O)OCC(Cl)(Cl)Cl)cs1)OC(=O)C#C/C=C(\C)C[C@H](C)O. The Hall–Kier alpha value is -1.81. The fraction of sp³-hybridized carbons (Fsp3) is 0.586. The van der Waals surface area contributed by atoms with Crippen molar-refractivity contribution in [1.82, 2.24) is 10.3 Å². The van der Waals surface area contributed by atoms with Crippen LogP contribution in [0.5, 0.6) is 0 Å². The van der Waals surface area contributed by atoms with Gasteiger partial charge in [-0.25, -0.2) is 19.4 Å². The Balaban J connectivity index is 2.82. The number of aliphatic hydroxyl groups excluding tert-OH is 1. The zero-order valence-corrected chi connectivity index (χ0v) is 29.6. The Kier molecular flexibility index (Phi) is 17.2. The van der Waals surface area contributed by atoms with Crippen molar-refractivity contribution < 1.29 is 33.7 Å². The zero-order valence-electron chi connectivity index (χ0n) is 25.0. The average Bonchev–Trinajstić information content (AvgIpc) is 3.26. The van der Waals surface area contributed by atoms with Crippen molar-refractivity contribution in [2.75, 3.05) is 6.61 Å². The second-order valence-corrected chi connectivity index (χ2v) is 15.5. The van der Waals surface area contributed by atoms with E-state index in [1.165, 1.54) is 11.3 Å². The van der Waals surface area contributed by atoms with Gasteiger partial charge in [-0.3, -0.25) is 0 Å². The first-order valence-corrected chi connectivity index (χ1v) is 16.2. The molecule has 14 heteroatoms. The lowest BCUT2D eigenvalue weighted by molar-refractivity contribution is -0.146. The number of hydrogen-bond acceptors (Lipinski definition) is 9. The van der Waals surface area contributed by atoms with Gasteiger partial charge in [0.25, 0.3) is 0 Å². The maximum atomic E-state index is 12.6. The molecule has 0 unspecified atom stereocenters. The van der Waals surface area contributed by atoms with Gasteiger partial charge in [-0.1, -0.05) is 62.2 Å². The zero-order chi connectivity index (χ0) is 32.8. The molecule has 1 amide bonds. The topological polar surface area (TPSA) is 124 Å². The number of alkyl carbamates (subject to hydrolysis) is 1. The molecule has 240 valence electrons. The van der Waals surface area contributed by atoms with Crippen LogP contribution >= 0.6 is 62.1 Å². The molecule has 0 saturated carbocycles. The fourth-order valence-corrected chi connectivity index (χ4v) is 4.80. The molecule has 0 spiro atoms. The highest BCUT2D eigenvalue weighted by atomic mass is 79.9. The van der Waals surface area contributed by atoms with Crippen molar-refractivity contribution >= 4 is 80.1 Å². The largest absolute Gasteiger partial charge is 0.460 e. The summed E-state index contributed by atoms with van der Waals surface area (Å²) in [6, 6.07) is -1.03. The normalized spacial score (nSPS) is 14.6. The molecule has 9 nitrogen and oxygen atoms in total. The number of carbonyl (C=O) groups is 3. The molecule has 0 aliphatic carbocycles. The number of nitrogens with zero attached hydrogens (tertiary/aromatic N) is 1. The number of carbonyl (C=O) groups excluding carboxylic acids is 3. The summed E-state index contributed by atoms with van der Waals surface area (Å²) in [6.07, 6.45) is 3.47. The van der Waals surface area contributed by atoms with Gasteiger partial charge in [-0.15, -0.1) is 11.3 Å². The van der Waals surface area contributed by atoms with Gasteiger partial charge < -0.3 is 24.6 Å². The number of esters is 2. The van der Waals surface area contributed by atoms with Crippen LogP contribution in [0.25, 0.3) is 0 Å². The first kappa shape index (κ1) is 39.2. The molecule has 0 fully saturated rings. The Morgan fingerprint density at radius 3 is 2.49 bits per heavy atom. The lowest BCUT2D eigenvalue weighted by Gasteiger charge is -2.23. The van der Waals surface area contributed by atoms with Crippen molar-refractivity contribution in [2.24, 2.45) is 0 Å². The van der Waals surface area contributed by atoms with E-state index in [2.05, 4.69) is 38.1 Å². The third kappa shape index (κ3) is 20.0. The summed E-state index contributed by atoms with van der Waals surface area (Å²) in [5, 5.41) is 14.6. The number of thiazole rings is 1. The lowest BCUT2D eigenvalue weighted by Crippen LogP contribution is -2.44. The van der Waals surface area contributed by atoms with E-state index in [9.17, 15) is 19.5 Å². The number of aliphatic hydroxyl groups is 1. The van der Waals surface area contributed by atoms with Gasteiger partial charge >= 0.3 is 18.0 Å². The van der Waals surface area contributed by atoms with Crippen molar-refractivity contribution in [1.29, 1.82) is 0 Å².